The summed E-state index contributed by atoms with van der Waals surface area (Å²) < 4.78 is 59.9. The molecule has 3 aromatic rings. The third kappa shape index (κ3) is 3.50. The van der Waals surface area contributed by atoms with Crippen molar-refractivity contribution in [1.29, 1.82) is 0 Å². The van der Waals surface area contributed by atoms with Crippen LogP contribution in [0.3, 0.4) is 0 Å². The first-order valence-electron chi connectivity index (χ1n) is 9.82. The van der Waals surface area contributed by atoms with Gasteiger partial charge in [0.2, 0.25) is 0 Å². The highest BCUT2D eigenvalue weighted by Gasteiger charge is 2.48. The fourth-order valence-corrected chi connectivity index (χ4v) is 5.64. The molecule has 0 bridgehead atoms. The van der Waals surface area contributed by atoms with Crippen molar-refractivity contribution in [2.75, 3.05) is 23.1 Å². The average molecular weight is 482 g/mol. The van der Waals surface area contributed by atoms with Gasteiger partial charge in [-0.25, -0.2) is 13.8 Å². The number of hydrogen-bond acceptors (Lipinski definition) is 5. The molecule has 5 rings (SSSR count). The monoisotopic (exact) mass is 481 g/mol. The zero-order valence-corrected chi connectivity index (χ0v) is 18.3. The van der Waals surface area contributed by atoms with Gasteiger partial charge in [0, 0.05) is 20.1 Å². The van der Waals surface area contributed by atoms with Gasteiger partial charge in [0.25, 0.3) is 5.56 Å². The van der Waals surface area contributed by atoms with Crippen molar-refractivity contribution in [2.45, 2.75) is 6.42 Å². The van der Waals surface area contributed by atoms with Crippen LogP contribution in [0.25, 0.3) is 10.9 Å². The van der Waals surface area contributed by atoms with Gasteiger partial charge in [-0.2, -0.15) is 12.7 Å². The molecule has 2 N–H and O–H groups in total. The van der Waals surface area contributed by atoms with Crippen molar-refractivity contribution in [3.63, 3.8) is 0 Å². The van der Waals surface area contributed by atoms with Gasteiger partial charge in [0.05, 0.1) is 33.9 Å². The van der Waals surface area contributed by atoms with Crippen LogP contribution in [0.1, 0.15) is 6.42 Å². The van der Waals surface area contributed by atoms with E-state index in [2.05, 4.69) is 15.0 Å². The van der Waals surface area contributed by atoms with E-state index in [0.717, 1.165) is 17.1 Å². The molecular weight excluding hydrogens is 464 g/mol. The van der Waals surface area contributed by atoms with Gasteiger partial charge in [-0.05, 0) is 42.5 Å². The molecule has 2 aromatic carbocycles. The fraction of sp³-hybridized carbons (Fsp3) is 0.300. The Balaban J connectivity index is 1.49. The van der Waals surface area contributed by atoms with Crippen molar-refractivity contribution in [2.24, 2.45) is 18.9 Å². The zero-order chi connectivity index (χ0) is 22.8. The molecule has 2 fully saturated rings. The molecule has 0 radical (unpaired) electrons. The maximum absolute atomic E-state index is 15.1. The molecule has 1 aliphatic carbocycles. The van der Waals surface area contributed by atoms with Gasteiger partial charge in [-0.1, -0.05) is 11.6 Å². The molecule has 0 amide bonds. The number of benzene rings is 2. The van der Waals surface area contributed by atoms with Gasteiger partial charge in [0.1, 0.15) is 11.2 Å². The number of fused-ring (bicyclic) bond motifs is 2. The average Bonchev–Trinajstić information content (AvgIpc) is 3.36. The number of hydrogen-bond donors (Lipinski definition) is 2. The number of halogens is 3. The summed E-state index contributed by atoms with van der Waals surface area (Å²) in [5, 5.41) is 2.02. The highest BCUT2D eigenvalue weighted by Crippen LogP contribution is 2.46. The summed E-state index contributed by atoms with van der Waals surface area (Å²) in [5.74, 6) is -0.955. The molecule has 2 heterocycles. The molecule has 2 aliphatic rings. The molecule has 12 heteroatoms. The van der Waals surface area contributed by atoms with Crippen molar-refractivity contribution >= 4 is 49.8 Å². The first-order chi connectivity index (χ1) is 15.2. The standard InChI is InChI=1S/C20H18ClF2N5O3S/c1-27-9-24-13-4-5-15(18(23)16(13)20(27)29)25-19-12(22)2-3-14(17(19)21)26-32(30,31)28-7-10-6-11(10)8-28/h2-5,9-11,25-26H,6-8H2,1H3. The summed E-state index contributed by atoms with van der Waals surface area (Å²) in [6, 6.07) is 4.94. The highest BCUT2D eigenvalue weighted by molar-refractivity contribution is 7.90. The molecule has 2 atom stereocenters. The van der Waals surface area contributed by atoms with E-state index in [1.165, 1.54) is 35.9 Å². The summed E-state index contributed by atoms with van der Waals surface area (Å²) in [7, 11) is -2.43. The van der Waals surface area contributed by atoms with E-state index < -0.39 is 27.4 Å². The summed E-state index contributed by atoms with van der Waals surface area (Å²) in [4.78, 5) is 16.3. The Morgan fingerprint density at radius 1 is 1.12 bits per heavy atom. The van der Waals surface area contributed by atoms with Crippen molar-refractivity contribution in [1.82, 2.24) is 13.9 Å². The Morgan fingerprint density at radius 2 is 1.81 bits per heavy atom. The second-order valence-corrected chi connectivity index (χ2v) is 10.1. The third-order valence-electron chi connectivity index (χ3n) is 5.90. The topological polar surface area (TPSA) is 96.3 Å². The smallest absolute Gasteiger partial charge is 0.301 e. The molecule has 1 aliphatic heterocycles. The van der Waals surface area contributed by atoms with E-state index in [1.807, 2.05) is 0 Å². The predicted octanol–water partition coefficient (Wildman–Crippen LogP) is 3.22. The molecule has 2 unspecified atom stereocenters. The van der Waals surface area contributed by atoms with E-state index in [4.69, 9.17) is 11.6 Å². The Labute approximate surface area is 187 Å². The van der Waals surface area contributed by atoms with E-state index in [0.29, 0.717) is 24.9 Å². The fourth-order valence-electron chi connectivity index (χ4n) is 3.99. The number of nitrogens with one attached hydrogen (secondary N) is 2. The lowest BCUT2D eigenvalue weighted by Gasteiger charge is -2.20. The lowest BCUT2D eigenvalue weighted by Crippen LogP contribution is -2.35. The number of aromatic nitrogens is 2. The van der Waals surface area contributed by atoms with Crippen LogP contribution in [0.15, 0.2) is 35.4 Å². The Morgan fingerprint density at radius 3 is 2.53 bits per heavy atom. The first kappa shape index (κ1) is 21.1. The van der Waals surface area contributed by atoms with E-state index in [-0.39, 0.29) is 33.0 Å². The SMILES string of the molecule is Cn1cnc2ccc(Nc3c(F)ccc(NS(=O)(=O)N4CC5CC5C4)c3Cl)c(F)c2c1=O. The van der Waals surface area contributed by atoms with Crippen LogP contribution >= 0.6 is 11.6 Å². The predicted molar refractivity (Wildman–Crippen MR) is 117 cm³/mol. The maximum Gasteiger partial charge on any atom is 0.301 e. The van der Waals surface area contributed by atoms with Gasteiger partial charge < -0.3 is 9.88 Å². The van der Waals surface area contributed by atoms with Gasteiger partial charge in [-0.3, -0.25) is 9.52 Å². The van der Waals surface area contributed by atoms with Crippen LogP contribution in [-0.4, -0.2) is 35.4 Å². The Bertz CT molecular complexity index is 1420. The van der Waals surface area contributed by atoms with E-state index >= 15 is 4.39 Å². The summed E-state index contributed by atoms with van der Waals surface area (Å²) in [6.45, 7) is 0.879. The number of rotatable bonds is 5. The van der Waals surface area contributed by atoms with Crippen LogP contribution in [0, 0.1) is 23.5 Å². The molecule has 168 valence electrons. The zero-order valence-electron chi connectivity index (χ0n) is 16.8. The maximum atomic E-state index is 15.1. The minimum Gasteiger partial charge on any atom is -0.349 e. The largest absolute Gasteiger partial charge is 0.349 e. The Kier molecular flexibility index (Phi) is 4.88. The second-order valence-electron chi connectivity index (χ2n) is 8.07. The number of aryl methyl sites for hydroxylation is 1. The first-order valence-corrected chi connectivity index (χ1v) is 11.6. The van der Waals surface area contributed by atoms with Crippen LogP contribution in [0.4, 0.5) is 25.8 Å². The summed E-state index contributed by atoms with van der Waals surface area (Å²) in [6.07, 6.45) is 2.31. The van der Waals surface area contributed by atoms with Crippen LogP contribution in [-0.2, 0) is 17.3 Å². The van der Waals surface area contributed by atoms with Crippen LogP contribution in [0.2, 0.25) is 5.02 Å². The summed E-state index contributed by atoms with van der Waals surface area (Å²) >= 11 is 6.29. The lowest BCUT2D eigenvalue weighted by atomic mass is 10.2. The second kappa shape index (κ2) is 7.39. The lowest BCUT2D eigenvalue weighted by molar-refractivity contribution is 0.447. The molecule has 0 spiro atoms. The van der Waals surface area contributed by atoms with Gasteiger partial charge >= 0.3 is 10.2 Å². The van der Waals surface area contributed by atoms with E-state index in [9.17, 15) is 17.6 Å². The van der Waals surface area contributed by atoms with Crippen LogP contribution in [0.5, 0.6) is 0 Å². The van der Waals surface area contributed by atoms with Gasteiger partial charge in [0.15, 0.2) is 5.82 Å². The molecular formula is C20H18ClF2N5O3S. The normalized spacial score (nSPS) is 20.4. The minimum absolute atomic E-state index is 0.0464. The molecule has 1 aromatic heterocycles. The molecule has 1 saturated heterocycles. The molecule has 8 nitrogen and oxygen atoms in total. The number of anilines is 3. The molecule has 1 saturated carbocycles. The van der Waals surface area contributed by atoms with Crippen molar-refractivity contribution < 1.29 is 17.2 Å². The number of piperidine rings is 1. The van der Waals surface area contributed by atoms with Crippen molar-refractivity contribution in [3.05, 3.63) is 57.6 Å². The van der Waals surface area contributed by atoms with Crippen molar-refractivity contribution in [3.8, 4) is 0 Å². The van der Waals surface area contributed by atoms with Gasteiger partial charge in [-0.15, -0.1) is 0 Å². The highest BCUT2D eigenvalue weighted by atomic mass is 35.5. The Hall–Kier alpha value is -2.76. The van der Waals surface area contributed by atoms with E-state index in [1.54, 1.807) is 0 Å². The summed E-state index contributed by atoms with van der Waals surface area (Å²) in [5.41, 5.74) is -1.03. The van der Waals surface area contributed by atoms with Crippen LogP contribution < -0.4 is 15.6 Å². The minimum atomic E-state index is -3.87. The number of nitrogens with zero attached hydrogens (tertiary/aromatic N) is 3. The molecule has 32 heavy (non-hydrogen) atoms. The third-order valence-corrected chi connectivity index (χ3v) is 7.75. The quantitative estimate of drug-likeness (QED) is 0.583.